The van der Waals surface area contributed by atoms with Gasteiger partial charge in [0, 0.05) is 23.7 Å². The van der Waals surface area contributed by atoms with Gasteiger partial charge in [-0.2, -0.15) is 0 Å². The van der Waals surface area contributed by atoms with E-state index in [4.69, 9.17) is 5.11 Å². The Labute approximate surface area is 80.0 Å². The molecule has 1 N–H and O–H groups in total. The van der Waals surface area contributed by atoms with E-state index in [1.54, 1.807) is 0 Å². The van der Waals surface area contributed by atoms with Crippen molar-refractivity contribution < 1.29 is 22.2 Å². The second kappa shape index (κ2) is 7.15. The molecule has 1 aliphatic rings. The predicted octanol–water partition coefficient (Wildman–Crippen LogP) is 2.34. The van der Waals surface area contributed by atoms with E-state index in [0.29, 0.717) is 6.61 Å². The van der Waals surface area contributed by atoms with Crippen LogP contribution in [0.15, 0.2) is 0 Å². The summed E-state index contributed by atoms with van der Waals surface area (Å²) in [4.78, 5) is 0. The van der Waals surface area contributed by atoms with Crippen LogP contribution in [0.3, 0.4) is 0 Å². The fourth-order valence-corrected chi connectivity index (χ4v) is 1.86. The summed E-state index contributed by atoms with van der Waals surface area (Å²) >= 11 is 0. The van der Waals surface area contributed by atoms with E-state index in [-0.39, 0.29) is 17.1 Å². The van der Waals surface area contributed by atoms with Gasteiger partial charge in [-0.15, -0.1) is 0 Å². The van der Waals surface area contributed by atoms with Gasteiger partial charge in [-0.25, -0.2) is 0 Å². The van der Waals surface area contributed by atoms with Crippen LogP contribution in [0.25, 0.3) is 0 Å². The first kappa shape index (κ1) is 11.5. The van der Waals surface area contributed by atoms with Crippen LogP contribution in [-0.2, 0) is 17.1 Å². The van der Waals surface area contributed by atoms with Gasteiger partial charge >= 0.3 is 0 Å². The zero-order chi connectivity index (χ0) is 7.23. The van der Waals surface area contributed by atoms with E-state index in [9.17, 15) is 0 Å². The van der Waals surface area contributed by atoms with Crippen LogP contribution in [-0.4, -0.2) is 11.7 Å². The Morgan fingerprint density at radius 1 is 1.09 bits per heavy atom. The largest absolute Gasteiger partial charge is 0.396 e. The van der Waals surface area contributed by atoms with E-state index in [0.717, 1.165) is 12.3 Å². The average Bonchev–Trinajstić information content (AvgIpc) is 2.03. The zero-order valence-corrected chi connectivity index (χ0v) is 7.92. The number of aliphatic hydroxyl groups excluding tert-OH is 1. The SMILES string of the molecule is OCCCC1CCCCC1.[Cu]. The summed E-state index contributed by atoms with van der Waals surface area (Å²) in [6, 6.07) is 0. The summed E-state index contributed by atoms with van der Waals surface area (Å²) in [7, 11) is 0. The molecule has 0 aromatic carbocycles. The van der Waals surface area contributed by atoms with Gasteiger partial charge in [-0.3, -0.25) is 0 Å². The molecule has 1 saturated carbocycles. The molecule has 1 fully saturated rings. The number of hydrogen-bond donors (Lipinski definition) is 1. The summed E-state index contributed by atoms with van der Waals surface area (Å²) in [6.07, 6.45) is 9.41. The summed E-state index contributed by atoms with van der Waals surface area (Å²) in [5, 5.41) is 8.60. The van der Waals surface area contributed by atoms with E-state index in [1.165, 1.54) is 38.5 Å². The third kappa shape index (κ3) is 4.84. The molecule has 0 aromatic heterocycles. The second-order valence-corrected chi connectivity index (χ2v) is 3.37. The van der Waals surface area contributed by atoms with Gasteiger partial charge < -0.3 is 5.11 Å². The molecule has 0 spiro atoms. The fourth-order valence-electron chi connectivity index (χ4n) is 1.86. The predicted molar refractivity (Wildman–Crippen MR) is 42.9 cm³/mol. The first-order valence-electron chi connectivity index (χ1n) is 4.54. The number of aliphatic hydroxyl groups is 1. The molecular weight excluding hydrogens is 188 g/mol. The molecule has 0 heterocycles. The molecule has 0 bridgehead atoms. The molecule has 1 aliphatic carbocycles. The maximum Gasteiger partial charge on any atom is 0.0431 e. The van der Waals surface area contributed by atoms with Crippen LogP contribution >= 0.6 is 0 Å². The first-order chi connectivity index (χ1) is 4.93. The van der Waals surface area contributed by atoms with Crippen molar-refractivity contribution in [2.75, 3.05) is 6.61 Å². The van der Waals surface area contributed by atoms with Crippen LogP contribution in [0.5, 0.6) is 0 Å². The van der Waals surface area contributed by atoms with Gasteiger partial charge in [0.15, 0.2) is 0 Å². The molecule has 11 heavy (non-hydrogen) atoms. The smallest absolute Gasteiger partial charge is 0.0431 e. The summed E-state index contributed by atoms with van der Waals surface area (Å²) in [6.45, 7) is 0.385. The topological polar surface area (TPSA) is 20.2 Å². The van der Waals surface area contributed by atoms with Crippen molar-refractivity contribution in [3.63, 3.8) is 0 Å². The van der Waals surface area contributed by atoms with Gasteiger partial charge in [0.05, 0.1) is 0 Å². The molecule has 0 saturated heterocycles. The van der Waals surface area contributed by atoms with Crippen LogP contribution in [0, 0.1) is 5.92 Å². The Hall–Kier alpha value is 0.479. The van der Waals surface area contributed by atoms with E-state index >= 15 is 0 Å². The molecule has 1 nitrogen and oxygen atoms in total. The molecule has 0 unspecified atom stereocenters. The van der Waals surface area contributed by atoms with Gasteiger partial charge in [0.1, 0.15) is 0 Å². The Balaban J connectivity index is 0.000001000. The minimum Gasteiger partial charge on any atom is -0.396 e. The molecule has 2 heteroatoms. The average molecular weight is 206 g/mol. The minimum absolute atomic E-state index is 0. The Morgan fingerprint density at radius 2 is 1.73 bits per heavy atom. The van der Waals surface area contributed by atoms with Gasteiger partial charge in [-0.05, 0) is 18.8 Å². The zero-order valence-electron chi connectivity index (χ0n) is 6.98. The van der Waals surface area contributed by atoms with Crippen LogP contribution in [0.4, 0.5) is 0 Å². The molecule has 1 radical (unpaired) electrons. The quantitative estimate of drug-likeness (QED) is 0.702. The van der Waals surface area contributed by atoms with Crippen LogP contribution < -0.4 is 0 Å². The molecule has 0 atom stereocenters. The molecule has 0 aliphatic heterocycles. The van der Waals surface area contributed by atoms with E-state index in [1.807, 2.05) is 0 Å². The molecule has 71 valence electrons. The first-order valence-corrected chi connectivity index (χ1v) is 4.54. The van der Waals surface area contributed by atoms with Crippen LogP contribution in [0.2, 0.25) is 0 Å². The molecular formula is C9H18CuO. The number of rotatable bonds is 3. The Bertz CT molecular complexity index is 79.6. The molecule has 0 aromatic rings. The third-order valence-electron chi connectivity index (χ3n) is 2.50. The second-order valence-electron chi connectivity index (χ2n) is 3.37. The summed E-state index contributed by atoms with van der Waals surface area (Å²) in [5.74, 6) is 0.945. The van der Waals surface area contributed by atoms with Gasteiger partial charge in [0.2, 0.25) is 0 Å². The van der Waals surface area contributed by atoms with Crippen molar-refractivity contribution in [2.45, 2.75) is 44.9 Å². The fraction of sp³-hybridized carbons (Fsp3) is 1.00. The van der Waals surface area contributed by atoms with Crippen molar-refractivity contribution in [3.8, 4) is 0 Å². The van der Waals surface area contributed by atoms with Crippen molar-refractivity contribution >= 4 is 0 Å². The summed E-state index contributed by atoms with van der Waals surface area (Å²) in [5.41, 5.74) is 0. The molecule has 0 amide bonds. The maximum atomic E-state index is 8.60. The number of hydrogen-bond acceptors (Lipinski definition) is 1. The third-order valence-corrected chi connectivity index (χ3v) is 2.50. The van der Waals surface area contributed by atoms with Crippen molar-refractivity contribution in [3.05, 3.63) is 0 Å². The minimum atomic E-state index is 0. The van der Waals surface area contributed by atoms with Crippen molar-refractivity contribution in [2.24, 2.45) is 5.92 Å². The van der Waals surface area contributed by atoms with Crippen molar-refractivity contribution in [1.29, 1.82) is 0 Å². The maximum absolute atomic E-state index is 8.60. The molecule has 1 rings (SSSR count). The monoisotopic (exact) mass is 205 g/mol. The Morgan fingerprint density at radius 3 is 2.27 bits per heavy atom. The van der Waals surface area contributed by atoms with E-state index < -0.39 is 0 Å². The van der Waals surface area contributed by atoms with Gasteiger partial charge in [0.25, 0.3) is 0 Å². The summed E-state index contributed by atoms with van der Waals surface area (Å²) < 4.78 is 0. The standard InChI is InChI=1S/C9H18O.Cu/c10-8-4-7-9-5-2-1-3-6-9;/h9-10H,1-8H2;. The Kier molecular flexibility index (Phi) is 7.46. The van der Waals surface area contributed by atoms with Gasteiger partial charge in [-0.1, -0.05) is 32.1 Å². The van der Waals surface area contributed by atoms with Crippen LogP contribution in [0.1, 0.15) is 44.9 Å². The van der Waals surface area contributed by atoms with E-state index in [2.05, 4.69) is 0 Å². The normalized spacial score (nSPS) is 19.4. The van der Waals surface area contributed by atoms with Crippen molar-refractivity contribution in [1.82, 2.24) is 0 Å².